The van der Waals surface area contributed by atoms with Gasteiger partial charge in [-0.15, -0.1) is 5.92 Å². The van der Waals surface area contributed by atoms with E-state index >= 15 is 0 Å². The number of hydrogen-bond donors (Lipinski definition) is 0. The van der Waals surface area contributed by atoms with Gasteiger partial charge in [0.05, 0.1) is 7.05 Å². The zero-order chi connectivity index (χ0) is 22.9. The second kappa shape index (κ2) is 7.81. The van der Waals surface area contributed by atoms with Crippen LogP contribution in [0, 0.1) is 25.6 Å². The Kier molecular flexibility index (Phi) is 4.14. The van der Waals surface area contributed by atoms with Gasteiger partial charge in [0, 0.05) is 9.68 Å². The predicted molar refractivity (Wildman–Crippen MR) is 120 cm³/mol. The molecule has 0 atom stereocenters. The standard InChI is InChI=1S/C27H25N2/c1-5-7-22-8-6-9-23(16-22)24-12-20(2)13-25(17-24)26-14-21(3)15-27(18-26)29-11-10-28(4)19-29/h6,8-19H,1-4H3/q+1/i3D3. The van der Waals surface area contributed by atoms with E-state index < -0.39 is 6.85 Å². The molecule has 0 radical (unpaired) electrons. The summed E-state index contributed by atoms with van der Waals surface area (Å²) in [6.45, 7) is 1.70. The van der Waals surface area contributed by atoms with Crippen molar-refractivity contribution in [2.75, 3.05) is 0 Å². The molecule has 0 saturated heterocycles. The molecule has 1 aromatic heterocycles. The smallest absolute Gasteiger partial charge is 0.239 e. The number of aromatic nitrogens is 2. The predicted octanol–water partition coefficient (Wildman–Crippen LogP) is 5.62. The summed E-state index contributed by atoms with van der Waals surface area (Å²) in [5.41, 5.74) is 7.24. The summed E-state index contributed by atoms with van der Waals surface area (Å²) < 4.78 is 27.8. The van der Waals surface area contributed by atoms with Crippen LogP contribution in [0.2, 0.25) is 0 Å². The first-order chi connectivity index (χ1) is 15.2. The van der Waals surface area contributed by atoms with Crippen LogP contribution in [0.15, 0.2) is 79.4 Å². The third-order valence-corrected chi connectivity index (χ3v) is 4.86. The number of hydrogen-bond acceptors (Lipinski definition) is 0. The number of aryl methyl sites for hydroxylation is 3. The van der Waals surface area contributed by atoms with Gasteiger partial charge in [0.15, 0.2) is 0 Å². The summed E-state index contributed by atoms with van der Waals surface area (Å²) in [6, 6.07) is 20.1. The summed E-state index contributed by atoms with van der Waals surface area (Å²) >= 11 is 0. The van der Waals surface area contributed by atoms with Gasteiger partial charge in [0.2, 0.25) is 6.33 Å². The second-order valence-corrected chi connectivity index (χ2v) is 7.30. The van der Waals surface area contributed by atoms with Gasteiger partial charge in [0.1, 0.15) is 18.1 Å². The Hall–Kier alpha value is -3.57. The van der Waals surface area contributed by atoms with Crippen LogP contribution >= 0.6 is 0 Å². The number of imidazole rings is 1. The van der Waals surface area contributed by atoms with Gasteiger partial charge < -0.3 is 0 Å². The van der Waals surface area contributed by atoms with E-state index in [1.165, 1.54) is 0 Å². The highest BCUT2D eigenvalue weighted by Gasteiger charge is 2.10. The van der Waals surface area contributed by atoms with Crippen molar-refractivity contribution >= 4 is 0 Å². The molecule has 0 N–H and O–H groups in total. The highest BCUT2D eigenvalue weighted by Crippen LogP contribution is 2.30. The Morgan fingerprint density at radius 1 is 0.897 bits per heavy atom. The molecule has 0 bridgehead atoms. The summed E-state index contributed by atoms with van der Waals surface area (Å²) in [7, 11) is 1.94. The Balaban J connectivity index is 1.87. The summed E-state index contributed by atoms with van der Waals surface area (Å²) in [5, 5.41) is 0. The third kappa shape index (κ3) is 4.15. The quantitative estimate of drug-likeness (QED) is 0.322. The average Bonchev–Trinajstić information content (AvgIpc) is 3.19. The van der Waals surface area contributed by atoms with Crippen molar-refractivity contribution in [3.05, 3.63) is 96.1 Å². The molecule has 4 rings (SSSR count). The maximum absolute atomic E-state index is 7.98. The van der Waals surface area contributed by atoms with Crippen molar-refractivity contribution < 1.29 is 8.68 Å². The minimum Gasteiger partial charge on any atom is -0.239 e. The molecule has 0 aliphatic heterocycles. The lowest BCUT2D eigenvalue weighted by atomic mass is 9.95. The Bertz CT molecular complexity index is 1350. The van der Waals surface area contributed by atoms with E-state index in [1.54, 1.807) is 12.1 Å². The van der Waals surface area contributed by atoms with Gasteiger partial charge in [-0.1, -0.05) is 36.3 Å². The van der Waals surface area contributed by atoms with Crippen molar-refractivity contribution in [3.63, 3.8) is 0 Å². The summed E-state index contributed by atoms with van der Waals surface area (Å²) in [5.74, 6) is 6.06. The van der Waals surface area contributed by atoms with Crippen molar-refractivity contribution in [1.82, 2.24) is 4.57 Å². The Morgan fingerprint density at radius 3 is 2.38 bits per heavy atom. The van der Waals surface area contributed by atoms with Crippen LogP contribution in [0.25, 0.3) is 27.9 Å². The van der Waals surface area contributed by atoms with Crippen molar-refractivity contribution in [1.29, 1.82) is 0 Å². The van der Waals surface area contributed by atoms with E-state index in [2.05, 4.69) is 49.1 Å². The molecule has 2 heteroatoms. The molecule has 4 aromatic rings. The lowest BCUT2D eigenvalue weighted by Crippen LogP contribution is -2.23. The van der Waals surface area contributed by atoms with Gasteiger partial charge in [0.25, 0.3) is 0 Å². The normalized spacial score (nSPS) is 12.4. The number of rotatable bonds is 3. The zero-order valence-electron chi connectivity index (χ0n) is 19.9. The number of nitrogens with zero attached hydrogens (tertiary/aromatic N) is 2. The Labute approximate surface area is 177 Å². The van der Waals surface area contributed by atoms with Gasteiger partial charge in [-0.2, -0.15) is 0 Å². The fourth-order valence-electron chi connectivity index (χ4n) is 3.57. The van der Waals surface area contributed by atoms with E-state index in [9.17, 15) is 0 Å². The minimum atomic E-state index is -2.19. The molecule has 0 aliphatic rings. The van der Waals surface area contributed by atoms with Crippen LogP contribution in [-0.4, -0.2) is 4.57 Å². The molecule has 142 valence electrons. The van der Waals surface area contributed by atoms with Gasteiger partial charge in [-0.25, -0.2) is 9.13 Å². The molecule has 0 unspecified atom stereocenters. The van der Waals surface area contributed by atoms with Crippen LogP contribution in [-0.2, 0) is 7.05 Å². The number of benzene rings is 3. The molecule has 0 fully saturated rings. The molecular weight excluding hydrogens is 352 g/mol. The van der Waals surface area contributed by atoms with Crippen molar-refractivity contribution in [3.8, 4) is 39.8 Å². The lowest BCUT2D eigenvalue weighted by molar-refractivity contribution is -0.670. The third-order valence-electron chi connectivity index (χ3n) is 4.86. The molecule has 2 nitrogen and oxygen atoms in total. The maximum Gasteiger partial charge on any atom is 0.248 e. The fraction of sp³-hybridized carbons (Fsp3) is 0.148. The van der Waals surface area contributed by atoms with E-state index in [0.29, 0.717) is 5.56 Å². The SMILES string of the molecule is [2H]C([2H])([2H])c1cc(-c2cc(C)cc(-c3cccc(C#CC)c3)c2)cc(-n2cc[n+](C)c2)c1. The summed E-state index contributed by atoms with van der Waals surface area (Å²) in [4.78, 5) is 0. The highest BCUT2D eigenvalue weighted by molar-refractivity contribution is 5.76. The molecule has 0 spiro atoms. The molecule has 0 saturated carbocycles. The zero-order valence-corrected chi connectivity index (χ0v) is 16.9. The molecule has 1 heterocycles. The maximum atomic E-state index is 7.98. The monoisotopic (exact) mass is 380 g/mol. The van der Waals surface area contributed by atoms with Crippen molar-refractivity contribution in [2.45, 2.75) is 20.7 Å². The van der Waals surface area contributed by atoms with Crippen LogP contribution in [0.1, 0.15) is 27.7 Å². The first-order valence-corrected chi connectivity index (χ1v) is 9.57. The van der Waals surface area contributed by atoms with Crippen LogP contribution < -0.4 is 4.57 Å². The van der Waals surface area contributed by atoms with E-state index in [4.69, 9.17) is 4.11 Å². The first-order valence-electron chi connectivity index (χ1n) is 11.1. The van der Waals surface area contributed by atoms with E-state index in [-0.39, 0.29) is 0 Å². The van der Waals surface area contributed by atoms with E-state index in [0.717, 1.165) is 39.1 Å². The summed E-state index contributed by atoms with van der Waals surface area (Å²) in [6.07, 6.45) is 5.77. The highest BCUT2D eigenvalue weighted by atomic mass is 15.1. The molecule has 3 aromatic carbocycles. The van der Waals surface area contributed by atoms with Crippen molar-refractivity contribution in [2.24, 2.45) is 7.05 Å². The minimum absolute atomic E-state index is 0.324. The van der Waals surface area contributed by atoms with E-state index in [1.807, 2.05) is 60.0 Å². The largest absolute Gasteiger partial charge is 0.248 e. The average molecular weight is 381 g/mol. The van der Waals surface area contributed by atoms with Gasteiger partial charge >= 0.3 is 0 Å². The van der Waals surface area contributed by atoms with Gasteiger partial charge in [-0.3, -0.25) is 0 Å². The van der Waals surface area contributed by atoms with Crippen LogP contribution in [0.5, 0.6) is 0 Å². The molecule has 0 amide bonds. The topological polar surface area (TPSA) is 8.81 Å². The molecular formula is C27H25N2+. The Morgan fingerprint density at radius 2 is 1.66 bits per heavy atom. The fourth-order valence-corrected chi connectivity index (χ4v) is 3.57. The molecule has 0 aliphatic carbocycles. The molecule has 29 heavy (non-hydrogen) atoms. The first kappa shape index (κ1) is 15.4. The van der Waals surface area contributed by atoms with Gasteiger partial charge in [-0.05, 0) is 84.4 Å². The lowest BCUT2D eigenvalue weighted by Gasteiger charge is -2.11. The van der Waals surface area contributed by atoms with Crippen LogP contribution in [0.3, 0.4) is 0 Å². The second-order valence-electron chi connectivity index (χ2n) is 7.30. The van der Waals surface area contributed by atoms with Crippen LogP contribution in [0.4, 0.5) is 0 Å².